The Labute approximate surface area is 113 Å². The predicted molar refractivity (Wildman–Crippen MR) is 71.1 cm³/mol. The summed E-state index contributed by atoms with van der Waals surface area (Å²) in [6.07, 6.45) is 0. The van der Waals surface area contributed by atoms with E-state index < -0.39 is 17.6 Å². The molecule has 0 radical (unpaired) electrons. The normalized spacial score (nSPS) is 11.8. The highest BCUT2D eigenvalue weighted by atomic mass is 32.1. The Hall–Kier alpha value is -2.39. The first-order valence-corrected chi connectivity index (χ1v) is 6.36. The van der Waals surface area contributed by atoms with Crippen molar-refractivity contribution in [3.05, 3.63) is 45.6 Å². The lowest BCUT2D eigenvalue weighted by Crippen LogP contribution is -2.30. The molecule has 0 aromatic carbocycles. The number of carboxylic acid groups (broad SMARTS) is 1. The van der Waals surface area contributed by atoms with Gasteiger partial charge in [0, 0.05) is 0 Å². The maximum Gasteiger partial charge on any atom is 0.326 e. The highest BCUT2D eigenvalue weighted by molar-refractivity contribution is 7.13. The van der Waals surface area contributed by atoms with Crippen molar-refractivity contribution in [2.24, 2.45) is 0 Å². The molecule has 1 atom stereocenters. The Bertz CT molecular complexity index is 710. The van der Waals surface area contributed by atoms with Crippen LogP contribution in [0.3, 0.4) is 0 Å². The molecule has 2 aromatic heterocycles. The molecule has 0 spiro atoms. The number of nitrogens with zero attached hydrogens (tertiary/aromatic N) is 2. The molecule has 1 N–H and O–H groups in total. The fourth-order valence-electron chi connectivity index (χ4n) is 1.76. The molecule has 0 amide bonds. The van der Waals surface area contributed by atoms with Crippen molar-refractivity contribution in [1.29, 1.82) is 5.26 Å². The number of rotatable bonds is 3. The summed E-state index contributed by atoms with van der Waals surface area (Å²) >= 11 is 1.41. The van der Waals surface area contributed by atoms with E-state index in [1.54, 1.807) is 18.2 Å². The second-order valence-electron chi connectivity index (χ2n) is 3.91. The van der Waals surface area contributed by atoms with Gasteiger partial charge in [0.2, 0.25) is 0 Å². The lowest BCUT2D eigenvalue weighted by molar-refractivity contribution is -0.140. The van der Waals surface area contributed by atoms with E-state index in [-0.39, 0.29) is 5.56 Å². The summed E-state index contributed by atoms with van der Waals surface area (Å²) in [7, 11) is 0. The molecule has 0 saturated carbocycles. The first kappa shape index (κ1) is 13.1. The van der Waals surface area contributed by atoms with Crippen LogP contribution in [0.2, 0.25) is 0 Å². The maximum atomic E-state index is 12.1. The smallest absolute Gasteiger partial charge is 0.326 e. The molecule has 1 unspecified atom stereocenters. The molecule has 0 aliphatic rings. The van der Waals surface area contributed by atoms with Gasteiger partial charge in [-0.05, 0) is 30.5 Å². The van der Waals surface area contributed by atoms with Crippen LogP contribution in [0.4, 0.5) is 0 Å². The minimum absolute atomic E-state index is 0.0617. The molecule has 0 fully saturated rings. The van der Waals surface area contributed by atoms with Crippen LogP contribution in [0.1, 0.15) is 18.5 Å². The van der Waals surface area contributed by atoms with Crippen molar-refractivity contribution < 1.29 is 9.90 Å². The fraction of sp³-hybridized carbons (Fsp3) is 0.154. The first-order valence-electron chi connectivity index (χ1n) is 5.48. The molecular formula is C13H10N2O3S. The van der Waals surface area contributed by atoms with Gasteiger partial charge in [-0.2, -0.15) is 5.26 Å². The van der Waals surface area contributed by atoms with E-state index in [0.717, 1.165) is 9.44 Å². The number of hydrogen-bond acceptors (Lipinski definition) is 4. The van der Waals surface area contributed by atoms with Crippen LogP contribution in [0.5, 0.6) is 0 Å². The molecule has 0 aliphatic carbocycles. The third kappa shape index (κ3) is 2.28. The summed E-state index contributed by atoms with van der Waals surface area (Å²) in [5.74, 6) is -1.12. The average Bonchev–Trinajstić information content (AvgIpc) is 2.91. The Kier molecular flexibility index (Phi) is 3.49. The van der Waals surface area contributed by atoms with E-state index >= 15 is 0 Å². The molecule has 2 aromatic rings. The molecule has 2 heterocycles. The molecule has 96 valence electrons. The molecule has 6 heteroatoms. The van der Waals surface area contributed by atoms with Crippen molar-refractivity contribution in [2.45, 2.75) is 13.0 Å². The van der Waals surface area contributed by atoms with Crippen LogP contribution in [-0.4, -0.2) is 15.6 Å². The van der Waals surface area contributed by atoms with E-state index in [1.807, 2.05) is 11.4 Å². The lowest BCUT2D eigenvalue weighted by Gasteiger charge is -2.15. The molecule has 2 rings (SSSR count). The van der Waals surface area contributed by atoms with E-state index in [4.69, 9.17) is 10.4 Å². The second-order valence-corrected chi connectivity index (χ2v) is 4.86. The van der Waals surface area contributed by atoms with Gasteiger partial charge in [-0.1, -0.05) is 6.07 Å². The van der Waals surface area contributed by atoms with Crippen LogP contribution in [0, 0.1) is 11.3 Å². The summed E-state index contributed by atoms with van der Waals surface area (Å²) in [5.41, 5.74) is -0.134. The molecule has 5 nitrogen and oxygen atoms in total. The number of aliphatic carboxylic acids is 1. The average molecular weight is 274 g/mol. The highest BCUT2D eigenvalue weighted by Crippen LogP contribution is 2.26. The largest absolute Gasteiger partial charge is 0.480 e. The Morgan fingerprint density at radius 2 is 2.21 bits per heavy atom. The monoisotopic (exact) mass is 274 g/mol. The molecule has 0 aliphatic heterocycles. The van der Waals surface area contributed by atoms with Gasteiger partial charge in [0.1, 0.15) is 17.7 Å². The molecule has 0 bridgehead atoms. The van der Waals surface area contributed by atoms with Gasteiger partial charge in [0.25, 0.3) is 5.56 Å². The van der Waals surface area contributed by atoms with Gasteiger partial charge in [0.05, 0.1) is 10.6 Å². The quantitative estimate of drug-likeness (QED) is 0.929. The molecular weight excluding hydrogens is 264 g/mol. The minimum atomic E-state index is -1.12. The van der Waals surface area contributed by atoms with Crippen molar-refractivity contribution >= 4 is 17.3 Å². The number of nitriles is 1. The summed E-state index contributed by atoms with van der Waals surface area (Å²) in [5, 5.41) is 19.8. The number of carbonyl (C=O) groups is 1. The topological polar surface area (TPSA) is 83.1 Å². The van der Waals surface area contributed by atoms with Crippen LogP contribution in [0.25, 0.3) is 10.6 Å². The van der Waals surface area contributed by atoms with Crippen molar-refractivity contribution in [3.63, 3.8) is 0 Å². The van der Waals surface area contributed by atoms with E-state index in [9.17, 15) is 9.59 Å². The Morgan fingerprint density at radius 3 is 2.74 bits per heavy atom. The predicted octanol–water partition coefficient (Wildman–Crippen LogP) is 2.09. The van der Waals surface area contributed by atoms with Crippen LogP contribution in [0.15, 0.2) is 34.4 Å². The number of thiophene rings is 1. The summed E-state index contributed by atoms with van der Waals surface area (Å²) < 4.78 is 1.15. The first-order chi connectivity index (χ1) is 9.06. The third-order valence-corrected chi connectivity index (χ3v) is 3.65. The number of aromatic nitrogens is 1. The van der Waals surface area contributed by atoms with Gasteiger partial charge < -0.3 is 5.11 Å². The Morgan fingerprint density at radius 1 is 1.47 bits per heavy atom. The zero-order chi connectivity index (χ0) is 14.0. The zero-order valence-corrected chi connectivity index (χ0v) is 10.8. The van der Waals surface area contributed by atoms with Crippen LogP contribution >= 0.6 is 11.3 Å². The van der Waals surface area contributed by atoms with Gasteiger partial charge in [0.15, 0.2) is 0 Å². The van der Waals surface area contributed by atoms with E-state index in [0.29, 0.717) is 5.69 Å². The second kappa shape index (κ2) is 5.08. The van der Waals surface area contributed by atoms with Gasteiger partial charge >= 0.3 is 5.97 Å². The number of carboxylic acids is 1. The zero-order valence-electron chi connectivity index (χ0n) is 10.0. The summed E-state index contributed by atoms with van der Waals surface area (Å²) in [6, 6.07) is 7.39. The van der Waals surface area contributed by atoms with Crippen LogP contribution in [-0.2, 0) is 4.79 Å². The number of hydrogen-bond donors (Lipinski definition) is 1. The Balaban J connectivity index is 2.76. The van der Waals surface area contributed by atoms with Gasteiger partial charge in [-0.3, -0.25) is 9.36 Å². The fourth-order valence-corrected chi connectivity index (χ4v) is 2.51. The van der Waals surface area contributed by atoms with Crippen molar-refractivity contribution in [3.8, 4) is 16.6 Å². The molecule has 19 heavy (non-hydrogen) atoms. The summed E-state index contributed by atoms with van der Waals surface area (Å²) in [4.78, 5) is 24.1. The third-order valence-electron chi connectivity index (χ3n) is 2.76. The highest BCUT2D eigenvalue weighted by Gasteiger charge is 2.20. The van der Waals surface area contributed by atoms with Crippen molar-refractivity contribution in [1.82, 2.24) is 4.57 Å². The van der Waals surface area contributed by atoms with Crippen LogP contribution < -0.4 is 5.56 Å². The van der Waals surface area contributed by atoms with Gasteiger partial charge in [-0.25, -0.2) is 4.79 Å². The minimum Gasteiger partial charge on any atom is -0.480 e. The lowest BCUT2D eigenvalue weighted by atomic mass is 10.2. The number of pyridine rings is 1. The molecule has 0 saturated heterocycles. The SMILES string of the molecule is CC(C(=O)O)n1c(-c2cccs2)ccc(C#N)c1=O. The van der Waals surface area contributed by atoms with Crippen molar-refractivity contribution in [2.75, 3.05) is 0 Å². The van der Waals surface area contributed by atoms with E-state index in [1.165, 1.54) is 24.3 Å². The van der Waals surface area contributed by atoms with E-state index in [2.05, 4.69) is 0 Å². The summed E-state index contributed by atoms with van der Waals surface area (Å²) in [6.45, 7) is 1.42. The maximum absolute atomic E-state index is 12.1. The standard InChI is InChI=1S/C13H10N2O3S/c1-8(13(17)18)15-10(11-3-2-6-19-11)5-4-9(7-14)12(15)16/h2-6,8H,1H3,(H,17,18). The van der Waals surface area contributed by atoms with Gasteiger partial charge in [-0.15, -0.1) is 11.3 Å².